The van der Waals surface area contributed by atoms with Gasteiger partial charge in [0.05, 0.1) is 43.9 Å². The molecule has 6 heterocycles. The minimum absolute atomic E-state index is 0.0105. The zero-order valence-electron chi connectivity index (χ0n) is 49.8. The Morgan fingerprint density at radius 3 is 1.85 bits per heavy atom. The van der Waals surface area contributed by atoms with E-state index in [1.54, 1.807) is 0 Å². The molecule has 6 aliphatic heterocycles. The molecule has 0 aromatic rings. The Morgan fingerprint density at radius 1 is 0.628 bits per heavy atom. The molecule has 8 fully saturated rings. The predicted molar refractivity (Wildman–Crippen MR) is 290 cm³/mol. The number of esters is 1. The van der Waals surface area contributed by atoms with Crippen molar-refractivity contribution < 1.29 is 133 Å². The highest BCUT2D eigenvalue weighted by molar-refractivity contribution is 5.65. The Hall–Kier alpha value is -2.21. The summed E-state index contributed by atoms with van der Waals surface area (Å²) in [6.45, 7) is 11.5. The minimum atomic E-state index is -1.98. The number of hydrogen-bond donors (Lipinski definition) is 14. The number of carbonyl (C=O) groups excluding carboxylic acids is 1. The van der Waals surface area contributed by atoms with E-state index < -0.39 is 185 Å². The maximum absolute atomic E-state index is 12.2. The Kier molecular flexibility index (Phi) is 20.8. The number of allylic oxidation sites excluding steroid dienone is 2. The standard InChI is InChI=1S/C59H94O27/c1-22(20-76-53-46(71)43(68)39(64)34(18-60)81-53)8-11-32-23(2)37-33(80-32)17-31-29-10-9-27-16-28(12-14-58(27,6)30(29)13-15-59(31,37)7)79-57-52(86-54-47(72)42(67)38(63)24(3)77-54)51(41(66)36(83-57)21-75-26(5)62)85-55-49(74)45(70)50(25(4)78-55)84-56-48(73)44(69)40(65)35(19-61)82-56/h9,22,24-25,28-31,33-57,60-61,63-74H,8,10-21H2,1-7H3/t22-,24+,25+,28-,29-,30-,31+,33-,34+,35+,36+,37-,38+,39+,40+,41+,42-,43-,44-,45+,46+,47+,48+,49+,50+,51-,52+,53+,54-,55-,56-,57+,58-,59-/m1/s1. The molecule has 3 saturated carbocycles. The highest BCUT2D eigenvalue weighted by Gasteiger charge is 2.64. The van der Waals surface area contributed by atoms with Gasteiger partial charge in [0, 0.05) is 19.3 Å². The van der Waals surface area contributed by atoms with E-state index in [0.29, 0.717) is 37.0 Å². The summed E-state index contributed by atoms with van der Waals surface area (Å²) in [4.78, 5) is 12.2. The molecule has 27 nitrogen and oxygen atoms in total. The van der Waals surface area contributed by atoms with Crippen molar-refractivity contribution in [3.63, 3.8) is 0 Å². The second-order valence-corrected chi connectivity index (χ2v) is 26.7. The predicted octanol–water partition coefficient (Wildman–Crippen LogP) is -2.64. The lowest BCUT2D eigenvalue weighted by atomic mass is 9.47. The van der Waals surface area contributed by atoms with Crippen LogP contribution in [0.15, 0.2) is 23.0 Å². The molecule has 0 unspecified atom stereocenters. The van der Waals surface area contributed by atoms with Crippen LogP contribution in [0.5, 0.6) is 0 Å². The molecule has 0 bridgehead atoms. The van der Waals surface area contributed by atoms with Crippen molar-refractivity contribution in [2.24, 2.45) is 40.4 Å². The van der Waals surface area contributed by atoms with E-state index in [1.807, 2.05) is 6.92 Å². The minimum Gasteiger partial charge on any atom is -0.494 e. The van der Waals surface area contributed by atoms with Gasteiger partial charge in [-0.05, 0) is 112 Å². The fourth-order valence-electron chi connectivity index (χ4n) is 16.2. The summed E-state index contributed by atoms with van der Waals surface area (Å²) in [5, 5.41) is 150. The average Bonchev–Trinajstić information content (AvgIpc) is 1.60. The molecule has 34 atom stereocenters. The molecule has 0 amide bonds. The summed E-state index contributed by atoms with van der Waals surface area (Å²) in [6, 6.07) is 0. The number of fused-ring (bicyclic) bond motifs is 7. The van der Waals surface area contributed by atoms with Crippen LogP contribution in [0.2, 0.25) is 0 Å². The van der Waals surface area contributed by atoms with Gasteiger partial charge in [-0.2, -0.15) is 0 Å². The first-order chi connectivity index (χ1) is 40.7. The lowest BCUT2D eigenvalue weighted by Crippen LogP contribution is -2.67. The van der Waals surface area contributed by atoms with Crippen LogP contribution in [0.4, 0.5) is 0 Å². The van der Waals surface area contributed by atoms with Crippen molar-refractivity contribution in [1.82, 2.24) is 0 Å². The van der Waals surface area contributed by atoms with Gasteiger partial charge >= 0.3 is 5.97 Å². The number of hydrogen-bond acceptors (Lipinski definition) is 27. The zero-order valence-corrected chi connectivity index (χ0v) is 49.8. The average molecular weight is 1240 g/mol. The van der Waals surface area contributed by atoms with E-state index >= 15 is 0 Å². The van der Waals surface area contributed by atoms with E-state index in [2.05, 4.69) is 26.8 Å². The Bertz CT molecular complexity index is 2360. The fourth-order valence-corrected chi connectivity index (χ4v) is 16.2. The van der Waals surface area contributed by atoms with Gasteiger partial charge in [-0.25, -0.2) is 0 Å². The van der Waals surface area contributed by atoms with Crippen LogP contribution in [-0.2, 0) is 61.6 Å². The Labute approximate surface area is 499 Å². The summed E-state index contributed by atoms with van der Waals surface area (Å²) < 4.78 is 73.0. The first kappa shape index (κ1) is 66.7. The van der Waals surface area contributed by atoms with Gasteiger partial charge in [0.2, 0.25) is 0 Å². The fraction of sp³-hybridized carbons (Fsp3) is 0.915. The lowest BCUT2D eigenvalue weighted by molar-refractivity contribution is -0.398. The van der Waals surface area contributed by atoms with Crippen molar-refractivity contribution in [2.75, 3.05) is 26.4 Å². The largest absolute Gasteiger partial charge is 0.494 e. The van der Waals surface area contributed by atoms with E-state index in [-0.39, 0.29) is 35.4 Å². The van der Waals surface area contributed by atoms with Crippen molar-refractivity contribution in [3.05, 3.63) is 23.0 Å². The second kappa shape index (κ2) is 26.8. The number of aliphatic hydroxyl groups is 14. The molecular formula is C59H94O27. The first-order valence-electron chi connectivity index (χ1n) is 30.8. The van der Waals surface area contributed by atoms with Gasteiger partial charge in [0.1, 0.15) is 123 Å². The molecule has 14 N–H and O–H groups in total. The number of aliphatic hydroxyl groups excluding tert-OH is 14. The van der Waals surface area contributed by atoms with Crippen LogP contribution >= 0.6 is 0 Å². The lowest BCUT2D eigenvalue weighted by Gasteiger charge is -2.58. The van der Waals surface area contributed by atoms with Gasteiger partial charge in [-0.1, -0.05) is 32.4 Å². The Morgan fingerprint density at radius 2 is 1.20 bits per heavy atom. The van der Waals surface area contributed by atoms with Crippen LogP contribution in [0, 0.1) is 40.4 Å². The molecule has 27 heteroatoms. The van der Waals surface area contributed by atoms with E-state index in [4.69, 9.17) is 56.8 Å². The van der Waals surface area contributed by atoms with Crippen molar-refractivity contribution in [2.45, 2.75) is 272 Å². The van der Waals surface area contributed by atoms with Crippen LogP contribution in [0.1, 0.15) is 106 Å². The summed E-state index contributed by atoms with van der Waals surface area (Å²) in [5.41, 5.74) is 2.35. The highest BCUT2D eigenvalue weighted by Crippen LogP contribution is 2.69. The topological polar surface area (TPSA) is 411 Å². The maximum Gasteiger partial charge on any atom is 0.302 e. The molecule has 5 saturated heterocycles. The van der Waals surface area contributed by atoms with Crippen molar-refractivity contribution in [3.8, 4) is 0 Å². The SMILES string of the molecule is CC(=O)OC[C@@H]1O[C@H](O[C@@H]2CC[C@]3(C)C(=CC[C@@H]4[C@H]3CC[C@@]3(C)[C@@H]5C(C)=C(CC[C@@H](C)CO[C@H]6O[C@@H](CO)[C@H](O)[C@@H](O)[C@@H]6O)O[C@@H]5C[C@@H]43)C2)[C@@H](O[C@H]2O[C@@H](C)[C@H](O)[C@@H](O)[C@@H]2O)[C@H](O[C@H]2O[C@@H](C)[C@H](O[C@H]3O[C@@H](CO)[C@H](O)[C@@H](O)[C@@H]3O)[C@@H](O)[C@@H]2O)[C@H]1O. The molecule has 0 radical (unpaired) electrons. The monoisotopic (exact) mass is 1230 g/mol. The van der Waals surface area contributed by atoms with E-state index in [9.17, 15) is 76.3 Å². The molecule has 492 valence electrons. The second-order valence-electron chi connectivity index (χ2n) is 26.7. The summed E-state index contributed by atoms with van der Waals surface area (Å²) in [6.07, 6.45) is -30.3. The number of carbonyl (C=O) groups is 1. The summed E-state index contributed by atoms with van der Waals surface area (Å²) in [5.74, 6) is 1.79. The molecule has 10 rings (SSSR count). The smallest absolute Gasteiger partial charge is 0.302 e. The van der Waals surface area contributed by atoms with Crippen LogP contribution in [-0.4, -0.2) is 270 Å². The third-order valence-electron chi connectivity index (χ3n) is 21.2. The van der Waals surface area contributed by atoms with E-state index in [0.717, 1.165) is 44.3 Å². The molecule has 86 heavy (non-hydrogen) atoms. The van der Waals surface area contributed by atoms with Gasteiger partial charge in [0.25, 0.3) is 0 Å². The molecular weight excluding hydrogens is 1140 g/mol. The van der Waals surface area contributed by atoms with Crippen LogP contribution in [0.25, 0.3) is 0 Å². The van der Waals surface area contributed by atoms with Crippen LogP contribution < -0.4 is 0 Å². The van der Waals surface area contributed by atoms with E-state index in [1.165, 1.54) is 31.9 Å². The molecule has 0 aromatic heterocycles. The molecule has 10 aliphatic rings. The van der Waals surface area contributed by atoms with Crippen molar-refractivity contribution in [1.29, 1.82) is 0 Å². The van der Waals surface area contributed by atoms with Gasteiger partial charge in [-0.15, -0.1) is 0 Å². The highest BCUT2D eigenvalue weighted by atomic mass is 16.8. The molecule has 0 aromatic carbocycles. The van der Waals surface area contributed by atoms with Crippen molar-refractivity contribution >= 4 is 5.97 Å². The third kappa shape index (κ3) is 12.6. The summed E-state index contributed by atoms with van der Waals surface area (Å²) >= 11 is 0. The molecule has 0 spiro atoms. The quantitative estimate of drug-likeness (QED) is 0.0493. The zero-order chi connectivity index (χ0) is 62.2. The van der Waals surface area contributed by atoms with Gasteiger partial charge in [-0.3, -0.25) is 4.79 Å². The van der Waals surface area contributed by atoms with Crippen LogP contribution in [0.3, 0.4) is 0 Å². The maximum atomic E-state index is 12.2. The normalized spacial score (nSPS) is 51.6. The third-order valence-corrected chi connectivity index (χ3v) is 21.2. The molecule has 4 aliphatic carbocycles. The van der Waals surface area contributed by atoms with Gasteiger partial charge < -0.3 is 128 Å². The summed E-state index contributed by atoms with van der Waals surface area (Å²) in [7, 11) is 0. The number of ether oxygens (including phenoxy) is 12. The Balaban J connectivity index is 0.829. The number of rotatable bonds is 18. The first-order valence-corrected chi connectivity index (χ1v) is 30.8. The van der Waals surface area contributed by atoms with Gasteiger partial charge in [0.15, 0.2) is 31.5 Å².